The van der Waals surface area contributed by atoms with Gasteiger partial charge < -0.3 is 0 Å². The molecule has 0 heterocycles. The van der Waals surface area contributed by atoms with E-state index in [1.807, 2.05) is 0 Å². The molecule has 1 atom stereocenters. The van der Waals surface area contributed by atoms with Crippen LogP contribution in [0, 0.1) is 17.8 Å². The van der Waals surface area contributed by atoms with Crippen molar-refractivity contribution in [3.05, 3.63) is 0 Å². The van der Waals surface area contributed by atoms with Gasteiger partial charge in [-0.15, -0.1) is 0 Å². The summed E-state index contributed by atoms with van der Waals surface area (Å²) in [5.74, 6) is 3.23. The fraction of sp³-hybridized carbons (Fsp3) is 1.00. The molecule has 0 N–H and O–H groups in total. The Balaban J connectivity index is 1.87. The summed E-state index contributed by atoms with van der Waals surface area (Å²) >= 11 is 3.67. The third-order valence-electron chi connectivity index (χ3n) is 3.41. The van der Waals surface area contributed by atoms with Gasteiger partial charge in [0.2, 0.25) is 0 Å². The number of alkyl halides is 1. The molecule has 0 radical (unpaired) electrons. The predicted octanol–water partition coefficient (Wildman–Crippen LogP) is 3.60. The molecule has 1 heteroatoms. The van der Waals surface area contributed by atoms with Crippen LogP contribution >= 0.6 is 15.9 Å². The van der Waals surface area contributed by atoms with Gasteiger partial charge in [-0.05, 0) is 30.6 Å². The van der Waals surface area contributed by atoms with E-state index in [2.05, 4.69) is 15.9 Å². The van der Waals surface area contributed by atoms with E-state index in [-0.39, 0.29) is 0 Å². The Labute approximate surface area is 77.9 Å². The van der Waals surface area contributed by atoms with Crippen LogP contribution in [0.4, 0.5) is 0 Å². The lowest BCUT2D eigenvalue weighted by molar-refractivity contribution is 0.336. The second kappa shape index (κ2) is 3.47. The van der Waals surface area contributed by atoms with Crippen molar-refractivity contribution in [3.8, 4) is 0 Å². The second-order valence-corrected chi connectivity index (χ2v) is 4.85. The minimum absolute atomic E-state index is 1.04. The summed E-state index contributed by atoms with van der Waals surface area (Å²) in [6.45, 7) is 0. The van der Waals surface area contributed by atoms with Crippen molar-refractivity contribution < 1.29 is 0 Å². The van der Waals surface area contributed by atoms with Gasteiger partial charge in [0.1, 0.15) is 0 Å². The monoisotopic (exact) mass is 216 g/mol. The third-order valence-corrected chi connectivity index (χ3v) is 4.16. The summed E-state index contributed by atoms with van der Waals surface area (Å²) in [6.07, 6.45) is 9.08. The highest BCUT2D eigenvalue weighted by atomic mass is 79.9. The zero-order chi connectivity index (χ0) is 7.68. The lowest BCUT2D eigenvalue weighted by atomic mass is 9.89. The molecule has 0 bridgehead atoms. The SMILES string of the molecule is BrCC(C1CCCC1)C1CC1. The van der Waals surface area contributed by atoms with E-state index >= 15 is 0 Å². The summed E-state index contributed by atoms with van der Waals surface area (Å²) in [5.41, 5.74) is 0. The lowest BCUT2D eigenvalue weighted by Crippen LogP contribution is -2.15. The topological polar surface area (TPSA) is 0 Å². The average Bonchev–Trinajstić information content (AvgIpc) is 2.68. The largest absolute Gasteiger partial charge is 0.0925 e. The van der Waals surface area contributed by atoms with E-state index < -0.39 is 0 Å². The fourth-order valence-corrected chi connectivity index (χ4v) is 3.60. The standard InChI is InChI=1S/C10H17Br/c11-7-10(9-5-6-9)8-3-1-2-4-8/h8-10H,1-7H2. The Morgan fingerprint density at radius 3 is 2.00 bits per heavy atom. The smallest absolute Gasteiger partial charge is 0.00649 e. The van der Waals surface area contributed by atoms with E-state index in [4.69, 9.17) is 0 Å². The lowest BCUT2D eigenvalue weighted by Gasteiger charge is -2.20. The summed E-state index contributed by atoms with van der Waals surface area (Å²) < 4.78 is 0. The van der Waals surface area contributed by atoms with Gasteiger partial charge in [0.25, 0.3) is 0 Å². The molecule has 64 valence electrons. The first-order chi connectivity index (χ1) is 5.42. The van der Waals surface area contributed by atoms with Crippen LogP contribution in [0.2, 0.25) is 0 Å². The van der Waals surface area contributed by atoms with Crippen LogP contribution in [0.1, 0.15) is 38.5 Å². The van der Waals surface area contributed by atoms with Crippen LogP contribution in [-0.2, 0) is 0 Å². The summed E-state index contributed by atoms with van der Waals surface area (Å²) in [7, 11) is 0. The van der Waals surface area contributed by atoms with E-state index in [1.165, 1.54) is 43.9 Å². The zero-order valence-corrected chi connectivity index (χ0v) is 8.65. The number of hydrogen-bond donors (Lipinski definition) is 0. The number of rotatable bonds is 3. The molecule has 2 fully saturated rings. The summed E-state index contributed by atoms with van der Waals surface area (Å²) in [5, 5.41) is 1.27. The van der Waals surface area contributed by atoms with E-state index in [9.17, 15) is 0 Å². The quantitative estimate of drug-likeness (QED) is 0.633. The van der Waals surface area contributed by atoms with Gasteiger partial charge in [-0.2, -0.15) is 0 Å². The first-order valence-corrected chi connectivity index (χ1v) is 6.10. The van der Waals surface area contributed by atoms with Crippen LogP contribution in [-0.4, -0.2) is 5.33 Å². The van der Waals surface area contributed by atoms with Crippen molar-refractivity contribution in [1.82, 2.24) is 0 Å². The molecule has 0 nitrogen and oxygen atoms in total. The highest BCUT2D eigenvalue weighted by molar-refractivity contribution is 9.09. The van der Waals surface area contributed by atoms with E-state index in [1.54, 1.807) is 0 Å². The van der Waals surface area contributed by atoms with Gasteiger partial charge in [-0.1, -0.05) is 41.6 Å². The highest BCUT2D eigenvalue weighted by Gasteiger charge is 2.36. The molecule has 0 aromatic heterocycles. The van der Waals surface area contributed by atoms with Gasteiger partial charge >= 0.3 is 0 Å². The number of hydrogen-bond acceptors (Lipinski definition) is 0. The molecule has 2 aliphatic rings. The van der Waals surface area contributed by atoms with Crippen molar-refractivity contribution >= 4 is 15.9 Å². The third kappa shape index (κ3) is 1.80. The van der Waals surface area contributed by atoms with E-state index in [0.29, 0.717) is 0 Å². The molecule has 0 aromatic carbocycles. The van der Waals surface area contributed by atoms with Gasteiger partial charge in [0.15, 0.2) is 0 Å². The van der Waals surface area contributed by atoms with Gasteiger partial charge in [-0.3, -0.25) is 0 Å². The molecule has 1 unspecified atom stereocenters. The van der Waals surface area contributed by atoms with Crippen molar-refractivity contribution in [2.75, 3.05) is 5.33 Å². The molecule has 0 amide bonds. The van der Waals surface area contributed by atoms with Gasteiger partial charge in [0.05, 0.1) is 0 Å². The first kappa shape index (κ1) is 8.10. The molecule has 0 aliphatic heterocycles. The predicted molar refractivity (Wildman–Crippen MR) is 52.0 cm³/mol. The Morgan fingerprint density at radius 1 is 1.00 bits per heavy atom. The molecule has 2 rings (SSSR count). The Hall–Kier alpha value is 0.480. The molecule has 2 aliphatic carbocycles. The van der Waals surface area contributed by atoms with Crippen molar-refractivity contribution in [1.29, 1.82) is 0 Å². The number of halogens is 1. The van der Waals surface area contributed by atoms with Gasteiger partial charge in [0, 0.05) is 5.33 Å². The maximum absolute atomic E-state index is 3.67. The molecule has 2 saturated carbocycles. The molecule has 11 heavy (non-hydrogen) atoms. The Bertz CT molecular complexity index is 123. The Kier molecular flexibility index (Phi) is 2.55. The minimum Gasteiger partial charge on any atom is -0.0925 e. The first-order valence-electron chi connectivity index (χ1n) is 4.98. The van der Waals surface area contributed by atoms with Crippen molar-refractivity contribution in [2.24, 2.45) is 17.8 Å². The van der Waals surface area contributed by atoms with Crippen LogP contribution in [0.25, 0.3) is 0 Å². The van der Waals surface area contributed by atoms with Crippen LogP contribution in [0.15, 0.2) is 0 Å². The molecular weight excluding hydrogens is 200 g/mol. The van der Waals surface area contributed by atoms with Crippen molar-refractivity contribution in [2.45, 2.75) is 38.5 Å². The average molecular weight is 217 g/mol. The maximum atomic E-state index is 3.67. The molecule has 0 aromatic rings. The van der Waals surface area contributed by atoms with E-state index in [0.717, 1.165) is 17.8 Å². The summed E-state index contributed by atoms with van der Waals surface area (Å²) in [4.78, 5) is 0. The van der Waals surface area contributed by atoms with Crippen LogP contribution in [0.3, 0.4) is 0 Å². The zero-order valence-electron chi connectivity index (χ0n) is 7.06. The minimum atomic E-state index is 1.04. The van der Waals surface area contributed by atoms with Crippen LogP contribution in [0.5, 0.6) is 0 Å². The van der Waals surface area contributed by atoms with Crippen LogP contribution < -0.4 is 0 Å². The van der Waals surface area contributed by atoms with Crippen molar-refractivity contribution in [3.63, 3.8) is 0 Å². The second-order valence-electron chi connectivity index (χ2n) is 4.20. The summed E-state index contributed by atoms with van der Waals surface area (Å²) in [6, 6.07) is 0. The normalized spacial score (nSPS) is 29.2. The highest BCUT2D eigenvalue weighted by Crippen LogP contribution is 2.46. The molecule has 0 spiro atoms. The fourth-order valence-electron chi connectivity index (χ4n) is 2.55. The Morgan fingerprint density at radius 2 is 1.55 bits per heavy atom. The molecular formula is C10H17Br. The van der Waals surface area contributed by atoms with Gasteiger partial charge in [-0.25, -0.2) is 0 Å². The molecule has 0 saturated heterocycles. The maximum Gasteiger partial charge on any atom is 0.00649 e.